The average molecular weight is 306 g/mol. The largest absolute Gasteiger partial charge is 0.490 e. The van der Waals surface area contributed by atoms with E-state index in [0.717, 1.165) is 0 Å². The first-order valence-corrected chi connectivity index (χ1v) is 7.38. The Morgan fingerprint density at radius 3 is 2.48 bits per heavy atom. The van der Waals surface area contributed by atoms with Gasteiger partial charge in [-0.25, -0.2) is 0 Å². The zero-order valence-electron chi connectivity index (χ0n) is 11.3. The van der Waals surface area contributed by atoms with E-state index in [9.17, 15) is 14.3 Å². The number of nitrogen functional groups attached to an aromatic ring is 1. The van der Waals surface area contributed by atoms with Crippen molar-refractivity contribution in [3.63, 3.8) is 0 Å². The Balaban J connectivity index is 2.23. The smallest absolute Gasteiger partial charge is 0.311 e. The Labute approximate surface area is 124 Å². The highest BCUT2D eigenvalue weighted by Gasteiger charge is 2.16. The maximum Gasteiger partial charge on any atom is 0.311 e. The minimum atomic E-state index is -1.29. The first-order valence-electron chi connectivity index (χ1n) is 6.06. The van der Waals surface area contributed by atoms with Crippen LogP contribution >= 0.6 is 0 Å². The fourth-order valence-corrected chi connectivity index (χ4v) is 2.91. The van der Waals surface area contributed by atoms with E-state index in [2.05, 4.69) is 0 Å². The molecular formula is C14H14N2O4S. The molecule has 2 aromatic carbocycles. The Kier molecular flexibility index (Phi) is 4.54. The van der Waals surface area contributed by atoms with Crippen LogP contribution in [-0.4, -0.2) is 16.2 Å². The SMILES string of the molecule is COc1ccc(CS(=O)c2ccc(N)cc2)cc1[N+](=O)[O-]. The summed E-state index contributed by atoms with van der Waals surface area (Å²) in [6.45, 7) is 0. The van der Waals surface area contributed by atoms with Gasteiger partial charge in [0.2, 0.25) is 0 Å². The number of ether oxygens (including phenoxy) is 1. The fraction of sp³-hybridized carbons (Fsp3) is 0.143. The van der Waals surface area contributed by atoms with Crippen LogP contribution in [0.25, 0.3) is 0 Å². The Bertz CT molecular complexity index is 686. The number of nitro benzene ring substituents is 1. The lowest BCUT2D eigenvalue weighted by Gasteiger charge is -2.06. The molecule has 2 rings (SSSR count). The summed E-state index contributed by atoms with van der Waals surface area (Å²) in [7, 11) is 0.0779. The van der Waals surface area contributed by atoms with E-state index in [1.165, 1.54) is 19.2 Å². The number of nitrogens with zero attached hydrogens (tertiary/aromatic N) is 1. The van der Waals surface area contributed by atoms with Crippen LogP contribution in [0.1, 0.15) is 5.56 Å². The number of nitro groups is 1. The van der Waals surface area contributed by atoms with Crippen molar-refractivity contribution in [3.8, 4) is 5.75 Å². The van der Waals surface area contributed by atoms with Gasteiger partial charge in [-0.2, -0.15) is 0 Å². The molecule has 0 aromatic heterocycles. The van der Waals surface area contributed by atoms with Crippen molar-refractivity contribution in [2.24, 2.45) is 0 Å². The predicted octanol–water partition coefficient (Wildman–Crippen LogP) is 2.49. The van der Waals surface area contributed by atoms with Crippen molar-refractivity contribution in [2.75, 3.05) is 12.8 Å². The molecule has 0 amide bonds. The van der Waals surface area contributed by atoms with Gasteiger partial charge in [-0.3, -0.25) is 14.3 Å². The van der Waals surface area contributed by atoms with Crippen LogP contribution < -0.4 is 10.5 Å². The van der Waals surface area contributed by atoms with Gasteiger partial charge in [0.15, 0.2) is 5.75 Å². The summed E-state index contributed by atoms with van der Waals surface area (Å²) >= 11 is 0. The van der Waals surface area contributed by atoms with Gasteiger partial charge in [-0.05, 0) is 35.9 Å². The molecule has 6 nitrogen and oxygen atoms in total. The molecule has 21 heavy (non-hydrogen) atoms. The van der Waals surface area contributed by atoms with Crippen molar-refractivity contribution < 1.29 is 13.9 Å². The summed E-state index contributed by atoms with van der Waals surface area (Å²) in [6, 6.07) is 11.3. The maximum atomic E-state index is 12.2. The van der Waals surface area contributed by atoms with Crippen LogP contribution in [-0.2, 0) is 16.6 Å². The summed E-state index contributed by atoms with van der Waals surface area (Å²) in [4.78, 5) is 11.1. The minimum absolute atomic E-state index is 0.135. The lowest BCUT2D eigenvalue weighted by atomic mass is 10.2. The third-order valence-corrected chi connectivity index (χ3v) is 4.27. The van der Waals surface area contributed by atoms with E-state index in [1.54, 1.807) is 30.3 Å². The van der Waals surface area contributed by atoms with Crippen molar-refractivity contribution in [1.82, 2.24) is 0 Å². The number of nitrogens with two attached hydrogens (primary N) is 1. The fourth-order valence-electron chi connectivity index (χ4n) is 1.82. The Morgan fingerprint density at radius 1 is 1.24 bits per heavy atom. The molecule has 0 radical (unpaired) electrons. The van der Waals surface area contributed by atoms with Gasteiger partial charge in [0, 0.05) is 16.6 Å². The number of rotatable bonds is 5. The van der Waals surface area contributed by atoms with Crippen LogP contribution in [0, 0.1) is 10.1 Å². The quantitative estimate of drug-likeness (QED) is 0.520. The predicted molar refractivity (Wildman–Crippen MR) is 80.6 cm³/mol. The van der Waals surface area contributed by atoms with Gasteiger partial charge in [0.05, 0.1) is 28.6 Å². The van der Waals surface area contributed by atoms with Gasteiger partial charge < -0.3 is 10.5 Å². The second kappa shape index (κ2) is 6.36. The summed E-state index contributed by atoms with van der Waals surface area (Å²) in [5, 5.41) is 11.0. The number of anilines is 1. The molecule has 2 aromatic rings. The van der Waals surface area contributed by atoms with E-state index >= 15 is 0 Å². The maximum absolute atomic E-state index is 12.2. The molecule has 0 fully saturated rings. The molecule has 0 aliphatic heterocycles. The molecule has 0 aliphatic rings. The zero-order valence-corrected chi connectivity index (χ0v) is 12.1. The molecule has 1 unspecified atom stereocenters. The van der Waals surface area contributed by atoms with E-state index in [-0.39, 0.29) is 17.2 Å². The van der Waals surface area contributed by atoms with Crippen LogP contribution in [0.2, 0.25) is 0 Å². The molecule has 0 bridgehead atoms. The molecule has 0 heterocycles. The third-order valence-electron chi connectivity index (χ3n) is 2.88. The van der Waals surface area contributed by atoms with Gasteiger partial charge >= 0.3 is 5.69 Å². The zero-order chi connectivity index (χ0) is 15.4. The second-order valence-corrected chi connectivity index (χ2v) is 5.77. The first kappa shape index (κ1) is 15.0. The van der Waals surface area contributed by atoms with Crippen LogP contribution in [0.5, 0.6) is 5.75 Å². The lowest BCUT2D eigenvalue weighted by molar-refractivity contribution is -0.385. The summed E-state index contributed by atoms with van der Waals surface area (Å²) in [5.74, 6) is 0.372. The second-order valence-electron chi connectivity index (χ2n) is 4.32. The molecular weight excluding hydrogens is 292 g/mol. The van der Waals surface area contributed by atoms with Crippen LogP contribution in [0.3, 0.4) is 0 Å². The van der Waals surface area contributed by atoms with E-state index < -0.39 is 15.7 Å². The molecule has 0 spiro atoms. The highest BCUT2D eigenvalue weighted by atomic mass is 32.2. The van der Waals surface area contributed by atoms with Gasteiger partial charge in [0.1, 0.15) is 0 Å². The number of benzene rings is 2. The molecule has 2 N–H and O–H groups in total. The molecule has 110 valence electrons. The first-order chi connectivity index (χ1) is 10.0. The Hall–Kier alpha value is -2.41. The van der Waals surface area contributed by atoms with E-state index in [4.69, 9.17) is 10.5 Å². The topological polar surface area (TPSA) is 95.5 Å². The monoisotopic (exact) mass is 306 g/mol. The highest BCUT2D eigenvalue weighted by Crippen LogP contribution is 2.28. The third kappa shape index (κ3) is 3.57. The van der Waals surface area contributed by atoms with E-state index in [1.807, 2.05) is 0 Å². The van der Waals surface area contributed by atoms with Crippen LogP contribution in [0.4, 0.5) is 11.4 Å². The summed E-state index contributed by atoms with van der Waals surface area (Å²) < 4.78 is 17.2. The number of hydrogen-bond acceptors (Lipinski definition) is 5. The summed E-state index contributed by atoms with van der Waals surface area (Å²) in [6.07, 6.45) is 0. The number of methoxy groups -OCH3 is 1. The van der Waals surface area contributed by atoms with Crippen LogP contribution in [0.15, 0.2) is 47.4 Å². The van der Waals surface area contributed by atoms with Gasteiger partial charge in [-0.15, -0.1) is 0 Å². The molecule has 7 heteroatoms. The minimum Gasteiger partial charge on any atom is -0.490 e. The van der Waals surface area contributed by atoms with Crippen molar-refractivity contribution in [2.45, 2.75) is 10.6 Å². The molecule has 0 saturated heterocycles. The van der Waals surface area contributed by atoms with Crippen molar-refractivity contribution in [3.05, 3.63) is 58.1 Å². The van der Waals surface area contributed by atoms with Crippen molar-refractivity contribution >= 4 is 22.2 Å². The van der Waals surface area contributed by atoms with Crippen molar-refractivity contribution in [1.29, 1.82) is 0 Å². The highest BCUT2D eigenvalue weighted by molar-refractivity contribution is 7.84. The number of hydrogen-bond donors (Lipinski definition) is 1. The average Bonchev–Trinajstić information content (AvgIpc) is 2.47. The standard InChI is InChI=1S/C14H14N2O4S/c1-20-14-7-2-10(8-13(14)16(17)18)9-21(19)12-5-3-11(15)4-6-12/h2-8H,9,15H2,1H3. The lowest BCUT2D eigenvalue weighted by Crippen LogP contribution is -1.99. The molecule has 0 aliphatic carbocycles. The van der Waals surface area contributed by atoms with Gasteiger partial charge in [-0.1, -0.05) is 6.07 Å². The Morgan fingerprint density at radius 2 is 1.90 bits per heavy atom. The molecule has 1 atom stereocenters. The summed E-state index contributed by atoms with van der Waals surface area (Å²) in [5.41, 5.74) is 6.64. The normalized spacial score (nSPS) is 11.9. The molecule has 0 saturated carbocycles. The van der Waals surface area contributed by atoms with Gasteiger partial charge in [0.25, 0.3) is 0 Å². The van der Waals surface area contributed by atoms with E-state index in [0.29, 0.717) is 16.1 Å².